The monoisotopic (exact) mass is 169 g/mol. The topological polar surface area (TPSA) is 0 Å². The van der Waals surface area contributed by atoms with Gasteiger partial charge in [-0.15, -0.1) is 0 Å². The average molecular weight is 169 g/mol. The minimum Gasteiger partial charge on any atom is -0.0613 e. The van der Waals surface area contributed by atoms with Gasteiger partial charge >= 0.3 is 0 Å². The molecule has 0 atom stereocenters. The lowest BCUT2D eigenvalue weighted by Gasteiger charge is -2.07. The number of aryl methyl sites for hydroxylation is 3. The van der Waals surface area contributed by atoms with Crippen molar-refractivity contribution in [3.63, 3.8) is 0 Å². The van der Waals surface area contributed by atoms with E-state index in [9.17, 15) is 0 Å². The maximum Gasteiger partial charge on any atom is -0.00961 e. The van der Waals surface area contributed by atoms with Crippen LogP contribution < -0.4 is 0 Å². The molecule has 0 aliphatic carbocycles. The van der Waals surface area contributed by atoms with E-state index < -0.39 is 0 Å². The van der Waals surface area contributed by atoms with Gasteiger partial charge in [0.1, 0.15) is 0 Å². The highest BCUT2D eigenvalue weighted by molar-refractivity contribution is 5.88. The minimum atomic E-state index is 1.23. The van der Waals surface area contributed by atoms with Crippen LogP contribution in [0.2, 0.25) is 0 Å². The van der Waals surface area contributed by atoms with Gasteiger partial charge in [-0.3, -0.25) is 0 Å². The van der Waals surface area contributed by atoms with E-state index in [0.29, 0.717) is 0 Å². The summed E-state index contributed by atoms with van der Waals surface area (Å²) in [5, 5.41) is 2.59. The first-order chi connectivity index (χ1) is 6.20. The third-order valence-corrected chi connectivity index (χ3v) is 2.68. The minimum absolute atomic E-state index is 1.23. The second kappa shape index (κ2) is 2.88. The average Bonchev–Trinajstić information content (AvgIpc) is 2.12. The molecule has 65 valence electrons. The summed E-state index contributed by atoms with van der Waals surface area (Å²) in [6, 6.07) is 11.7. The van der Waals surface area contributed by atoms with E-state index in [0.717, 1.165) is 0 Å². The molecule has 0 spiro atoms. The van der Waals surface area contributed by atoms with Gasteiger partial charge in [-0.25, -0.2) is 0 Å². The summed E-state index contributed by atoms with van der Waals surface area (Å²) in [5.74, 6) is 0. The van der Waals surface area contributed by atoms with Crippen LogP contribution in [-0.4, -0.2) is 0 Å². The van der Waals surface area contributed by atoms with Crippen LogP contribution in [0.4, 0.5) is 0 Å². The SMILES string of the molecule is Cc1c[c]c2cccc(C)c2c1C. The van der Waals surface area contributed by atoms with Crippen LogP contribution in [0.3, 0.4) is 0 Å². The number of hydrogen-bond donors (Lipinski definition) is 0. The Kier molecular flexibility index (Phi) is 1.84. The maximum absolute atomic E-state index is 3.30. The van der Waals surface area contributed by atoms with Crippen LogP contribution in [0.1, 0.15) is 16.7 Å². The van der Waals surface area contributed by atoms with E-state index in [1.165, 1.54) is 27.5 Å². The van der Waals surface area contributed by atoms with Crippen LogP contribution in [0.5, 0.6) is 0 Å². The van der Waals surface area contributed by atoms with Crippen molar-refractivity contribution in [2.75, 3.05) is 0 Å². The standard InChI is InChI=1S/C13H13/c1-9-7-8-12-6-4-5-10(2)13(12)11(9)3/h4-7H,1-3H3. The molecule has 2 aromatic carbocycles. The Labute approximate surface area is 79.2 Å². The fourth-order valence-electron chi connectivity index (χ4n) is 1.78. The van der Waals surface area contributed by atoms with Crippen molar-refractivity contribution in [3.8, 4) is 0 Å². The summed E-state index contributed by atoms with van der Waals surface area (Å²) in [5.41, 5.74) is 4.05. The van der Waals surface area contributed by atoms with Crippen molar-refractivity contribution in [1.29, 1.82) is 0 Å². The molecule has 2 rings (SSSR count). The molecule has 0 N–H and O–H groups in total. The quantitative estimate of drug-likeness (QED) is 0.565. The molecule has 0 heteroatoms. The Hall–Kier alpha value is -1.30. The maximum atomic E-state index is 3.30. The van der Waals surface area contributed by atoms with Gasteiger partial charge in [0, 0.05) is 0 Å². The van der Waals surface area contributed by atoms with Gasteiger partial charge in [-0.1, -0.05) is 24.3 Å². The first-order valence-electron chi connectivity index (χ1n) is 4.57. The molecule has 2 aromatic rings. The number of hydrogen-bond acceptors (Lipinski definition) is 0. The normalized spacial score (nSPS) is 10.7. The lowest BCUT2D eigenvalue weighted by atomic mass is 9.97. The predicted molar refractivity (Wildman–Crippen MR) is 57.0 cm³/mol. The third kappa shape index (κ3) is 1.23. The summed E-state index contributed by atoms with van der Waals surface area (Å²) in [7, 11) is 0. The third-order valence-electron chi connectivity index (χ3n) is 2.68. The molecule has 0 bridgehead atoms. The Balaban J connectivity index is 2.97. The van der Waals surface area contributed by atoms with Crippen molar-refractivity contribution in [3.05, 3.63) is 47.0 Å². The molecule has 0 aliphatic rings. The van der Waals surface area contributed by atoms with Crippen LogP contribution in [0, 0.1) is 26.8 Å². The van der Waals surface area contributed by atoms with Crippen molar-refractivity contribution in [2.24, 2.45) is 0 Å². The van der Waals surface area contributed by atoms with Crippen molar-refractivity contribution < 1.29 is 0 Å². The second-order valence-corrected chi connectivity index (χ2v) is 3.59. The van der Waals surface area contributed by atoms with Crippen LogP contribution in [0.15, 0.2) is 24.3 Å². The molecule has 1 radical (unpaired) electrons. The second-order valence-electron chi connectivity index (χ2n) is 3.59. The molecular weight excluding hydrogens is 156 g/mol. The van der Waals surface area contributed by atoms with E-state index >= 15 is 0 Å². The molecule has 0 unspecified atom stereocenters. The molecule has 0 aliphatic heterocycles. The fourth-order valence-corrected chi connectivity index (χ4v) is 1.78. The van der Waals surface area contributed by atoms with Gasteiger partial charge in [-0.2, -0.15) is 0 Å². The van der Waals surface area contributed by atoms with Gasteiger partial charge in [0.2, 0.25) is 0 Å². The zero-order chi connectivity index (χ0) is 9.42. The molecule has 13 heavy (non-hydrogen) atoms. The molecule has 0 fully saturated rings. The van der Waals surface area contributed by atoms with Gasteiger partial charge < -0.3 is 0 Å². The van der Waals surface area contributed by atoms with E-state index in [1.807, 2.05) is 0 Å². The Morgan fingerprint density at radius 3 is 2.54 bits per heavy atom. The molecule has 0 heterocycles. The van der Waals surface area contributed by atoms with Crippen LogP contribution in [0.25, 0.3) is 10.8 Å². The summed E-state index contributed by atoms with van der Waals surface area (Å²) in [6.45, 7) is 6.47. The Morgan fingerprint density at radius 2 is 1.77 bits per heavy atom. The largest absolute Gasteiger partial charge is 0.0613 e. The van der Waals surface area contributed by atoms with E-state index in [2.05, 4.69) is 51.1 Å². The lowest BCUT2D eigenvalue weighted by Crippen LogP contribution is -1.86. The zero-order valence-corrected chi connectivity index (χ0v) is 8.31. The number of benzene rings is 2. The van der Waals surface area contributed by atoms with Crippen molar-refractivity contribution in [2.45, 2.75) is 20.8 Å². The van der Waals surface area contributed by atoms with Crippen molar-refractivity contribution >= 4 is 10.8 Å². The summed E-state index contributed by atoms with van der Waals surface area (Å²) in [6.07, 6.45) is 0. The van der Waals surface area contributed by atoms with Crippen LogP contribution in [-0.2, 0) is 0 Å². The van der Waals surface area contributed by atoms with Gasteiger partial charge in [0.05, 0.1) is 0 Å². The first kappa shape index (κ1) is 8.31. The highest BCUT2D eigenvalue weighted by Crippen LogP contribution is 2.23. The molecule has 0 saturated carbocycles. The first-order valence-corrected chi connectivity index (χ1v) is 4.57. The summed E-state index contributed by atoms with van der Waals surface area (Å²) >= 11 is 0. The van der Waals surface area contributed by atoms with Gasteiger partial charge in [-0.05, 0) is 54.3 Å². The zero-order valence-electron chi connectivity index (χ0n) is 8.31. The molecule has 0 amide bonds. The van der Waals surface area contributed by atoms with Gasteiger partial charge in [0.25, 0.3) is 0 Å². The lowest BCUT2D eigenvalue weighted by molar-refractivity contribution is 1.36. The molecule has 0 aromatic heterocycles. The van der Waals surface area contributed by atoms with E-state index in [1.54, 1.807) is 0 Å². The molecular formula is C13H13. The van der Waals surface area contributed by atoms with Crippen molar-refractivity contribution in [1.82, 2.24) is 0 Å². The number of fused-ring (bicyclic) bond motifs is 1. The van der Waals surface area contributed by atoms with Gasteiger partial charge in [0.15, 0.2) is 0 Å². The highest BCUT2D eigenvalue weighted by atomic mass is 14.1. The van der Waals surface area contributed by atoms with E-state index in [4.69, 9.17) is 0 Å². The highest BCUT2D eigenvalue weighted by Gasteiger charge is 2.01. The predicted octanol–water partition coefficient (Wildman–Crippen LogP) is 3.57. The van der Waals surface area contributed by atoms with E-state index in [-0.39, 0.29) is 0 Å². The fraction of sp³-hybridized carbons (Fsp3) is 0.231. The number of rotatable bonds is 0. The Morgan fingerprint density at radius 1 is 1.00 bits per heavy atom. The molecule has 0 saturated heterocycles. The van der Waals surface area contributed by atoms with Crippen LogP contribution >= 0.6 is 0 Å². The molecule has 0 nitrogen and oxygen atoms in total. The summed E-state index contributed by atoms with van der Waals surface area (Å²) in [4.78, 5) is 0. The summed E-state index contributed by atoms with van der Waals surface area (Å²) < 4.78 is 0. The smallest absolute Gasteiger partial charge is 0.00961 e. The Bertz CT molecular complexity index is 453.